The molecule has 0 bridgehead atoms. The summed E-state index contributed by atoms with van der Waals surface area (Å²) >= 11 is 0. The summed E-state index contributed by atoms with van der Waals surface area (Å²) in [7, 11) is 0. The molecule has 0 aromatic carbocycles. The molecule has 0 fully saturated rings. The molecule has 124 valence electrons. The van der Waals surface area contributed by atoms with Crippen LogP contribution in [-0.2, 0) is 14.3 Å². The van der Waals surface area contributed by atoms with Gasteiger partial charge < -0.3 is 15.8 Å². The van der Waals surface area contributed by atoms with Crippen LogP contribution in [-0.4, -0.2) is 30.6 Å². The first-order valence-electron chi connectivity index (χ1n) is 7.63. The van der Waals surface area contributed by atoms with Crippen molar-refractivity contribution in [2.45, 2.75) is 73.5 Å². The SMILES string of the molecule is CCNC(=O)CCC(OC(=O)C(C)(C)C)C(N)C(C)(C)C. The van der Waals surface area contributed by atoms with Crippen LogP contribution in [0, 0.1) is 10.8 Å². The number of carbonyl (C=O) groups excluding carboxylic acids is 2. The van der Waals surface area contributed by atoms with Crippen molar-refractivity contribution in [1.82, 2.24) is 5.32 Å². The minimum absolute atomic E-state index is 0.0459. The van der Waals surface area contributed by atoms with Crippen LogP contribution >= 0.6 is 0 Å². The normalized spacial score (nSPS) is 15.2. The number of nitrogens with two attached hydrogens (primary N) is 1. The van der Waals surface area contributed by atoms with Crippen LogP contribution < -0.4 is 11.1 Å². The first-order valence-corrected chi connectivity index (χ1v) is 7.63. The van der Waals surface area contributed by atoms with E-state index in [1.54, 1.807) is 20.8 Å². The Labute approximate surface area is 129 Å². The lowest BCUT2D eigenvalue weighted by Crippen LogP contribution is -2.48. The Morgan fingerprint density at radius 3 is 2.05 bits per heavy atom. The van der Waals surface area contributed by atoms with Gasteiger partial charge in [0.1, 0.15) is 6.10 Å². The maximum atomic E-state index is 12.1. The fraction of sp³-hybridized carbons (Fsp3) is 0.875. The number of hydrogen-bond donors (Lipinski definition) is 2. The molecule has 2 atom stereocenters. The van der Waals surface area contributed by atoms with Gasteiger partial charge >= 0.3 is 5.97 Å². The second-order valence-corrected chi connectivity index (χ2v) is 7.58. The molecule has 5 heteroatoms. The van der Waals surface area contributed by atoms with Crippen LogP contribution in [0.15, 0.2) is 0 Å². The number of carbonyl (C=O) groups is 2. The number of esters is 1. The average molecular weight is 300 g/mol. The van der Waals surface area contributed by atoms with Gasteiger partial charge in [-0.1, -0.05) is 20.8 Å². The van der Waals surface area contributed by atoms with E-state index in [2.05, 4.69) is 5.32 Å². The van der Waals surface area contributed by atoms with E-state index in [9.17, 15) is 9.59 Å². The zero-order chi connectivity index (χ0) is 16.8. The zero-order valence-corrected chi connectivity index (χ0v) is 14.6. The monoisotopic (exact) mass is 300 g/mol. The van der Waals surface area contributed by atoms with Crippen molar-refractivity contribution in [1.29, 1.82) is 0 Å². The number of amides is 1. The molecule has 2 unspecified atom stereocenters. The molecular formula is C16H32N2O3. The van der Waals surface area contributed by atoms with Gasteiger partial charge in [-0.3, -0.25) is 9.59 Å². The molecule has 0 aliphatic heterocycles. The van der Waals surface area contributed by atoms with Gasteiger partial charge in [-0.25, -0.2) is 0 Å². The maximum Gasteiger partial charge on any atom is 0.311 e. The van der Waals surface area contributed by atoms with E-state index in [4.69, 9.17) is 10.5 Å². The summed E-state index contributed by atoms with van der Waals surface area (Å²) in [4.78, 5) is 23.7. The van der Waals surface area contributed by atoms with Crippen molar-refractivity contribution < 1.29 is 14.3 Å². The first kappa shape index (κ1) is 19.9. The quantitative estimate of drug-likeness (QED) is 0.737. The third kappa shape index (κ3) is 7.46. The van der Waals surface area contributed by atoms with E-state index in [1.165, 1.54) is 0 Å². The highest BCUT2D eigenvalue weighted by Crippen LogP contribution is 2.26. The highest BCUT2D eigenvalue weighted by molar-refractivity contribution is 5.76. The summed E-state index contributed by atoms with van der Waals surface area (Å²) in [5.74, 6) is -0.335. The van der Waals surface area contributed by atoms with Crippen LogP contribution in [0.5, 0.6) is 0 Å². The third-order valence-corrected chi connectivity index (χ3v) is 3.30. The number of nitrogens with one attached hydrogen (secondary N) is 1. The van der Waals surface area contributed by atoms with E-state index >= 15 is 0 Å². The molecule has 0 rings (SSSR count). The van der Waals surface area contributed by atoms with Crippen LogP contribution in [0.3, 0.4) is 0 Å². The minimum Gasteiger partial charge on any atom is -0.460 e. The molecule has 0 aliphatic carbocycles. The largest absolute Gasteiger partial charge is 0.460 e. The van der Waals surface area contributed by atoms with E-state index in [0.29, 0.717) is 19.4 Å². The molecule has 0 aliphatic rings. The van der Waals surface area contributed by atoms with Gasteiger partial charge in [-0.2, -0.15) is 0 Å². The molecule has 21 heavy (non-hydrogen) atoms. The summed E-state index contributed by atoms with van der Waals surface area (Å²) in [6, 6.07) is -0.321. The minimum atomic E-state index is -0.582. The Morgan fingerprint density at radius 1 is 1.14 bits per heavy atom. The van der Waals surface area contributed by atoms with Gasteiger partial charge in [0, 0.05) is 19.0 Å². The Hall–Kier alpha value is -1.10. The fourth-order valence-electron chi connectivity index (χ4n) is 1.74. The van der Waals surface area contributed by atoms with Crippen LogP contribution in [0.4, 0.5) is 0 Å². The molecular weight excluding hydrogens is 268 g/mol. The van der Waals surface area contributed by atoms with Crippen molar-refractivity contribution in [3.05, 3.63) is 0 Å². The Kier molecular flexibility index (Phi) is 7.37. The lowest BCUT2D eigenvalue weighted by Gasteiger charge is -2.35. The molecule has 0 heterocycles. The highest BCUT2D eigenvalue weighted by atomic mass is 16.5. The average Bonchev–Trinajstić information content (AvgIpc) is 2.31. The van der Waals surface area contributed by atoms with Gasteiger partial charge in [0.25, 0.3) is 0 Å². The Bertz CT molecular complexity index is 354. The fourth-order valence-corrected chi connectivity index (χ4v) is 1.74. The molecule has 0 saturated carbocycles. The molecule has 3 N–H and O–H groups in total. The summed E-state index contributed by atoms with van der Waals surface area (Å²) in [5, 5.41) is 2.74. The maximum absolute atomic E-state index is 12.1. The van der Waals surface area contributed by atoms with E-state index in [-0.39, 0.29) is 23.3 Å². The van der Waals surface area contributed by atoms with E-state index in [0.717, 1.165) is 0 Å². The Morgan fingerprint density at radius 2 is 1.67 bits per heavy atom. The van der Waals surface area contributed by atoms with Gasteiger partial charge in [0.15, 0.2) is 0 Å². The highest BCUT2D eigenvalue weighted by Gasteiger charge is 2.34. The van der Waals surface area contributed by atoms with Crippen LogP contribution in [0.1, 0.15) is 61.3 Å². The van der Waals surface area contributed by atoms with Crippen LogP contribution in [0.25, 0.3) is 0 Å². The zero-order valence-electron chi connectivity index (χ0n) is 14.6. The smallest absolute Gasteiger partial charge is 0.311 e. The molecule has 1 amide bonds. The van der Waals surface area contributed by atoms with Gasteiger partial charge in [-0.15, -0.1) is 0 Å². The predicted molar refractivity (Wildman–Crippen MR) is 84.7 cm³/mol. The van der Waals surface area contributed by atoms with Crippen molar-refractivity contribution in [3.8, 4) is 0 Å². The lowest BCUT2D eigenvalue weighted by atomic mass is 9.82. The number of rotatable bonds is 6. The van der Waals surface area contributed by atoms with Crippen molar-refractivity contribution >= 4 is 11.9 Å². The van der Waals surface area contributed by atoms with Crippen LogP contribution in [0.2, 0.25) is 0 Å². The van der Waals surface area contributed by atoms with E-state index < -0.39 is 11.5 Å². The van der Waals surface area contributed by atoms with Crippen molar-refractivity contribution in [2.24, 2.45) is 16.6 Å². The van der Waals surface area contributed by atoms with E-state index in [1.807, 2.05) is 27.7 Å². The molecule has 0 spiro atoms. The predicted octanol–water partition coefficient (Wildman–Crippen LogP) is 2.23. The summed E-state index contributed by atoms with van der Waals surface area (Å²) in [6.45, 7) is 13.9. The third-order valence-electron chi connectivity index (χ3n) is 3.30. The summed E-state index contributed by atoms with van der Waals surface area (Å²) < 4.78 is 5.59. The first-order chi connectivity index (χ1) is 9.39. The number of ether oxygens (including phenoxy) is 1. The second-order valence-electron chi connectivity index (χ2n) is 7.58. The lowest BCUT2D eigenvalue weighted by molar-refractivity contribution is -0.162. The van der Waals surface area contributed by atoms with Crippen molar-refractivity contribution in [2.75, 3.05) is 6.54 Å². The molecule has 0 aromatic heterocycles. The van der Waals surface area contributed by atoms with Crippen molar-refractivity contribution in [3.63, 3.8) is 0 Å². The summed E-state index contributed by atoms with van der Waals surface area (Å²) in [6.07, 6.45) is 0.283. The molecule has 0 radical (unpaired) electrons. The second kappa shape index (κ2) is 7.78. The Balaban J connectivity index is 4.86. The van der Waals surface area contributed by atoms with Gasteiger partial charge in [-0.05, 0) is 39.5 Å². The topological polar surface area (TPSA) is 81.4 Å². The molecule has 5 nitrogen and oxygen atoms in total. The standard InChI is InChI=1S/C16H32N2O3/c1-8-18-12(19)10-9-11(13(17)15(2,3)4)21-14(20)16(5,6)7/h11,13H,8-10,17H2,1-7H3,(H,18,19). The summed E-state index contributed by atoms with van der Waals surface area (Å²) in [5.41, 5.74) is 5.45. The van der Waals surface area contributed by atoms with Gasteiger partial charge in [0.2, 0.25) is 5.91 Å². The number of hydrogen-bond acceptors (Lipinski definition) is 4. The molecule has 0 saturated heterocycles. The van der Waals surface area contributed by atoms with Gasteiger partial charge in [0.05, 0.1) is 5.41 Å². The molecule has 0 aromatic rings.